The molecule has 0 aliphatic heterocycles. The van der Waals surface area contributed by atoms with E-state index >= 15 is 0 Å². The zero-order chi connectivity index (χ0) is 22.8. The van der Waals surface area contributed by atoms with Crippen LogP contribution in [0.15, 0.2) is 54.7 Å². The highest BCUT2D eigenvalue weighted by Gasteiger charge is 2.37. The van der Waals surface area contributed by atoms with E-state index in [9.17, 15) is 23.3 Å². The number of nitrogens with zero attached hydrogens (tertiary/aromatic N) is 6. The minimum absolute atomic E-state index is 0.0302. The van der Waals surface area contributed by atoms with Gasteiger partial charge in [-0.25, -0.2) is 4.98 Å². The van der Waals surface area contributed by atoms with E-state index in [0.29, 0.717) is 23.1 Å². The Balaban J connectivity index is 2.03. The first-order valence-corrected chi connectivity index (χ1v) is 8.78. The van der Waals surface area contributed by atoms with Crippen LogP contribution >= 0.6 is 0 Å². The van der Waals surface area contributed by atoms with E-state index in [-0.39, 0.29) is 17.5 Å². The van der Waals surface area contributed by atoms with Gasteiger partial charge in [0.05, 0.1) is 16.6 Å². The Bertz CT molecular complexity index is 1140. The van der Waals surface area contributed by atoms with Crippen molar-refractivity contribution in [1.82, 2.24) is 9.97 Å². The molecule has 2 aromatic carbocycles. The summed E-state index contributed by atoms with van der Waals surface area (Å²) < 4.78 is 40.8. The van der Waals surface area contributed by atoms with Gasteiger partial charge in [-0.1, -0.05) is 0 Å². The molecule has 0 aliphatic rings. The van der Waals surface area contributed by atoms with Gasteiger partial charge in [0.15, 0.2) is 5.82 Å². The average molecular weight is 428 g/mol. The van der Waals surface area contributed by atoms with Crippen molar-refractivity contribution in [3.05, 3.63) is 76.0 Å². The lowest BCUT2D eigenvalue weighted by Gasteiger charge is -2.25. The van der Waals surface area contributed by atoms with Gasteiger partial charge in [-0.2, -0.15) is 23.4 Å². The molecule has 11 heteroatoms. The molecule has 0 bridgehead atoms. The number of rotatable bonds is 5. The van der Waals surface area contributed by atoms with E-state index in [0.717, 1.165) is 0 Å². The molecule has 31 heavy (non-hydrogen) atoms. The number of aromatic nitrogens is 2. The monoisotopic (exact) mass is 428 g/mol. The van der Waals surface area contributed by atoms with Gasteiger partial charge < -0.3 is 9.80 Å². The predicted octanol–water partition coefficient (Wildman–Crippen LogP) is 4.81. The van der Waals surface area contributed by atoms with Crippen molar-refractivity contribution in [3.8, 4) is 6.07 Å². The zero-order valence-corrected chi connectivity index (χ0v) is 16.3. The maximum atomic E-state index is 13.6. The first-order valence-electron chi connectivity index (χ1n) is 8.78. The minimum Gasteiger partial charge on any atom is -0.329 e. The number of halogens is 3. The van der Waals surface area contributed by atoms with Crippen LogP contribution in [0, 0.1) is 21.4 Å². The van der Waals surface area contributed by atoms with Gasteiger partial charge in [0.2, 0.25) is 5.95 Å². The summed E-state index contributed by atoms with van der Waals surface area (Å²) in [4.78, 5) is 20.9. The Kier molecular flexibility index (Phi) is 5.74. The van der Waals surface area contributed by atoms with Crippen molar-refractivity contribution in [2.75, 3.05) is 23.9 Å². The Morgan fingerprint density at radius 3 is 2.06 bits per heavy atom. The summed E-state index contributed by atoms with van der Waals surface area (Å²) in [6.07, 6.45) is -4.00. The van der Waals surface area contributed by atoms with Crippen molar-refractivity contribution in [2.45, 2.75) is 6.18 Å². The number of hydrogen-bond acceptors (Lipinski definition) is 7. The first-order chi connectivity index (χ1) is 14.6. The summed E-state index contributed by atoms with van der Waals surface area (Å²) in [6, 6.07) is 13.4. The van der Waals surface area contributed by atoms with Crippen LogP contribution in [0.3, 0.4) is 0 Å². The van der Waals surface area contributed by atoms with Crippen LogP contribution in [0.1, 0.15) is 11.1 Å². The topological polar surface area (TPSA) is 99.2 Å². The van der Waals surface area contributed by atoms with Crippen LogP contribution in [-0.2, 0) is 6.18 Å². The first kappa shape index (κ1) is 21.5. The molecule has 0 saturated carbocycles. The van der Waals surface area contributed by atoms with Gasteiger partial charge in [-0.3, -0.25) is 10.1 Å². The number of alkyl halides is 3. The third-order valence-corrected chi connectivity index (χ3v) is 4.51. The van der Waals surface area contributed by atoms with Crippen LogP contribution in [0.2, 0.25) is 0 Å². The lowest BCUT2D eigenvalue weighted by atomic mass is 10.2. The summed E-state index contributed by atoms with van der Waals surface area (Å²) >= 11 is 0. The van der Waals surface area contributed by atoms with E-state index in [2.05, 4.69) is 9.97 Å². The smallest absolute Gasteiger partial charge is 0.329 e. The molecule has 0 spiro atoms. The number of nitriles is 1. The fraction of sp³-hybridized carbons (Fsp3) is 0.150. The molecule has 0 unspecified atom stereocenters. The van der Waals surface area contributed by atoms with Crippen molar-refractivity contribution < 1.29 is 18.1 Å². The van der Waals surface area contributed by atoms with E-state index < -0.39 is 16.7 Å². The summed E-state index contributed by atoms with van der Waals surface area (Å²) in [7, 11) is 2.96. The fourth-order valence-electron chi connectivity index (χ4n) is 2.78. The maximum Gasteiger partial charge on any atom is 0.421 e. The molecule has 1 heterocycles. The standard InChI is InChI=1S/C20H15F3N6O2/c1-27(14-5-3-13(11-24)4-6-14)18-17(20(21,22)23)12-25-19(26-18)28(2)15-7-9-16(10-8-15)29(30)31/h3-10,12H,1-2H3. The van der Waals surface area contributed by atoms with E-state index in [1.54, 1.807) is 0 Å². The molecule has 8 nitrogen and oxygen atoms in total. The lowest BCUT2D eigenvalue weighted by molar-refractivity contribution is -0.384. The average Bonchev–Trinajstić information content (AvgIpc) is 2.77. The molecule has 3 aromatic rings. The second-order valence-electron chi connectivity index (χ2n) is 6.46. The lowest BCUT2D eigenvalue weighted by Crippen LogP contribution is -2.21. The van der Waals surface area contributed by atoms with Crippen LogP contribution in [0.5, 0.6) is 0 Å². The molecule has 0 aliphatic carbocycles. The molecule has 158 valence electrons. The highest BCUT2D eigenvalue weighted by Crippen LogP contribution is 2.38. The van der Waals surface area contributed by atoms with Gasteiger partial charge in [-0.15, -0.1) is 0 Å². The SMILES string of the molecule is CN(c1ccc([N+](=O)[O-])cc1)c1ncc(C(F)(F)F)c(N(C)c2ccc(C#N)cc2)n1. The number of hydrogen-bond donors (Lipinski definition) is 0. The van der Waals surface area contributed by atoms with Crippen molar-refractivity contribution in [1.29, 1.82) is 5.26 Å². The molecule has 0 atom stereocenters. The second kappa shape index (κ2) is 8.27. The van der Waals surface area contributed by atoms with E-state index in [1.165, 1.54) is 72.4 Å². The zero-order valence-electron chi connectivity index (χ0n) is 16.3. The van der Waals surface area contributed by atoms with Gasteiger partial charge in [0.1, 0.15) is 5.56 Å². The molecule has 0 fully saturated rings. The number of anilines is 4. The number of nitro groups is 1. The summed E-state index contributed by atoms with van der Waals surface area (Å²) in [5.74, 6) is -0.409. The Hall–Kier alpha value is -4.20. The molecule has 0 N–H and O–H groups in total. The molecule has 3 rings (SSSR count). The maximum absolute atomic E-state index is 13.6. The summed E-state index contributed by atoms with van der Waals surface area (Å²) in [6.45, 7) is 0. The second-order valence-corrected chi connectivity index (χ2v) is 6.46. The van der Waals surface area contributed by atoms with Crippen LogP contribution < -0.4 is 9.80 Å². The van der Waals surface area contributed by atoms with Gasteiger partial charge >= 0.3 is 6.18 Å². The third-order valence-electron chi connectivity index (χ3n) is 4.51. The van der Waals surface area contributed by atoms with Crippen LogP contribution in [0.25, 0.3) is 0 Å². The number of non-ortho nitro benzene ring substituents is 1. The molecule has 0 radical (unpaired) electrons. The van der Waals surface area contributed by atoms with Crippen molar-refractivity contribution >= 4 is 28.8 Å². The Morgan fingerprint density at radius 1 is 1.00 bits per heavy atom. The minimum atomic E-state index is -4.69. The summed E-state index contributed by atoms with van der Waals surface area (Å²) in [5, 5.41) is 19.7. The predicted molar refractivity (Wildman–Crippen MR) is 107 cm³/mol. The van der Waals surface area contributed by atoms with Crippen molar-refractivity contribution in [3.63, 3.8) is 0 Å². The molecule has 0 amide bonds. The summed E-state index contributed by atoms with van der Waals surface area (Å²) in [5.41, 5.74) is 0.0749. The van der Waals surface area contributed by atoms with Gasteiger partial charge in [0, 0.05) is 43.8 Å². The molecule has 0 saturated heterocycles. The van der Waals surface area contributed by atoms with Gasteiger partial charge in [0.25, 0.3) is 5.69 Å². The Labute approximate surface area is 175 Å². The number of benzene rings is 2. The number of nitro benzene ring substituents is 1. The van der Waals surface area contributed by atoms with Crippen LogP contribution in [0.4, 0.5) is 42.0 Å². The normalized spacial score (nSPS) is 11.0. The quantitative estimate of drug-likeness (QED) is 0.425. The van der Waals surface area contributed by atoms with E-state index in [4.69, 9.17) is 5.26 Å². The molecule has 1 aromatic heterocycles. The highest BCUT2D eigenvalue weighted by molar-refractivity contribution is 5.66. The molecular formula is C20H15F3N6O2. The largest absolute Gasteiger partial charge is 0.421 e. The van der Waals surface area contributed by atoms with Crippen LogP contribution in [-0.4, -0.2) is 29.0 Å². The van der Waals surface area contributed by atoms with Gasteiger partial charge in [-0.05, 0) is 36.4 Å². The third kappa shape index (κ3) is 4.53. The van der Waals surface area contributed by atoms with E-state index in [1.807, 2.05) is 6.07 Å². The fourth-order valence-corrected chi connectivity index (χ4v) is 2.78. The highest BCUT2D eigenvalue weighted by atomic mass is 19.4. The Morgan fingerprint density at radius 2 is 1.55 bits per heavy atom. The van der Waals surface area contributed by atoms with Crippen molar-refractivity contribution in [2.24, 2.45) is 0 Å². The molecular weight excluding hydrogens is 413 g/mol.